The average Bonchev–Trinajstić information content (AvgIpc) is 3.34. The SMILES string of the molecule is CC(C)C12C[C@@H](OC(=O)[C@@H](C)O)[C@@](C)(O1)[C@@H]1CC[C@@H](C)[C@H]1C2OC(=O)c1ccc2ccccc2c1. The first kappa shape index (κ1) is 24.3. The molecule has 2 saturated heterocycles. The van der Waals surface area contributed by atoms with Gasteiger partial charge < -0.3 is 19.3 Å². The first-order valence-electron chi connectivity index (χ1n) is 12.9. The lowest BCUT2D eigenvalue weighted by molar-refractivity contribution is -0.259. The Morgan fingerprint density at radius 1 is 1.06 bits per heavy atom. The van der Waals surface area contributed by atoms with Crippen molar-refractivity contribution in [3.8, 4) is 0 Å². The molecule has 1 aliphatic carbocycles. The molecule has 3 fully saturated rings. The van der Waals surface area contributed by atoms with Gasteiger partial charge in [0.2, 0.25) is 0 Å². The number of rotatable bonds is 5. The summed E-state index contributed by atoms with van der Waals surface area (Å²) in [6, 6.07) is 13.6. The minimum Gasteiger partial charge on any atom is -0.457 e. The second-order valence-corrected chi connectivity index (χ2v) is 11.3. The van der Waals surface area contributed by atoms with E-state index < -0.39 is 35.5 Å². The fraction of sp³-hybridized carbons (Fsp3) is 0.586. The number of aliphatic hydroxyl groups is 1. The number of hydrogen-bond acceptors (Lipinski definition) is 6. The molecule has 0 spiro atoms. The molecule has 188 valence electrons. The van der Waals surface area contributed by atoms with Gasteiger partial charge in [-0.1, -0.05) is 51.1 Å². The van der Waals surface area contributed by atoms with Gasteiger partial charge in [0.05, 0.1) is 5.56 Å². The third kappa shape index (κ3) is 3.77. The normalized spacial score (nSPS) is 36.7. The summed E-state index contributed by atoms with van der Waals surface area (Å²) in [7, 11) is 0. The topological polar surface area (TPSA) is 82.1 Å². The Hall–Kier alpha value is -2.44. The zero-order chi connectivity index (χ0) is 25.1. The molecule has 2 unspecified atom stereocenters. The van der Waals surface area contributed by atoms with Gasteiger partial charge in [-0.25, -0.2) is 9.59 Å². The lowest BCUT2D eigenvalue weighted by Crippen LogP contribution is -2.62. The van der Waals surface area contributed by atoms with E-state index in [-0.39, 0.29) is 23.7 Å². The second kappa shape index (κ2) is 8.59. The third-order valence-corrected chi connectivity index (χ3v) is 8.97. The molecule has 2 heterocycles. The number of ether oxygens (including phenoxy) is 3. The Kier molecular flexibility index (Phi) is 5.96. The molecule has 1 N–H and O–H groups in total. The Bertz CT molecular complexity index is 1140. The van der Waals surface area contributed by atoms with Crippen molar-refractivity contribution in [3.63, 3.8) is 0 Å². The zero-order valence-electron chi connectivity index (χ0n) is 21.2. The number of carbonyl (C=O) groups excluding carboxylic acids is 2. The van der Waals surface area contributed by atoms with E-state index in [1.807, 2.05) is 49.4 Å². The van der Waals surface area contributed by atoms with Gasteiger partial charge in [-0.05, 0) is 67.3 Å². The monoisotopic (exact) mass is 480 g/mol. The highest BCUT2D eigenvalue weighted by atomic mass is 16.6. The van der Waals surface area contributed by atoms with E-state index in [0.717, 1.165) is 23.6 Å². The number of esters is 2. The number of benzene rings is 2. The summed E-state index contributed by atoms with van der Waals surface area (Å²) >= 11 is 0. The summed E-state index contributed by atoms with van der Waals surface area (Å²) in [6.45, 7) is 9.83. The van der Waals surface area contributed by atoms with Crippen LogP contribution < -0.4 is 0 Å². The summed E-state index contributed by atoms with van der Waals surface area (Å²) < 4.78 is 19.1. The zero-order valence-corrected chi connectivity index (χ0v) is 21.2. The van der Waals surface area contributed by atoms with Crippen LogP contribution in [-0.2, 0) is 19.0 Å². The molecular weight excluding hydrogens is 444 g/mol. The summed E-state index contributed by atoms with van der Waals surface area (Å²) in [5.41, 5.74) is -0.936. The maximum absolute atomic E-state index is 13.5. The van der Waals surface area contributed by atoms with Crippen LogP contribution >= 0.6 is 0 Å². The maximum Gasteiger partial charge on any atom is 0.338 e. The Labute approximate surface area is 206 Å². The Balaban J connectivity index is 1.51. The minimum atomic E-state index is -1.20. The Morgan fingerprint density at radius 2 is 1.77 bits per heavy atom. The molecule has 1 saturated carbocycles. The van der Waals surface area contributed by atoms with Crippen molar-refractivity contribution < 1.29 is 28.9 Å². The molecule has 8 atom stereocenters. The first-order chi connectivity index (χ1) is 16.6. The van der Waals surface area contributed by atoms with Gasteiger partial charge in [-0.15, -0.1) is 0 Å². The molecular formula is C29H36O6. The summed E-state index contributed by atoms with van der Waals surface area (Å²) in [5.74, 6) is -0.417. The van der Waals surface area contributed by atoms with Crippen molar-refractivity contribution in [2.45, 2.75) is 83.4 Å². The van der Waals surface area contributed by atoms with E-state index >= 15 is 0 Å². The third-order valence-electron chi connectivity index (χ3n) is 8.97. The molecule has 0 radical (unpaired) electrons. The molecule has 2 aromatic carbocycles. The number of aliphatic hydroxyl groups excluding tert-OH is 1. The van der Waals surface area contributed by atoms with Gasteiger partial charge in [0.25, 0.3) is 0 Å². The van der Waals surface area contributed by atoms with E-state index in [9.17, 15) is 14.7 Å². The number of hydrogen-bond donors (Lipinski definition) is 1. The van der Waals surface area contributed by atoms with Crippen LogP contribution in [0.2, 0.25) is 0 Å². The summed E-state index contributed by atoms with van der Waals surface area (Å²) in [6.07, 6.45) is 0.206. The van der Waals surface area contributed by atoms with Crippen LogP contribution in [0.4, 0.5) is 0 Å². The fourth-order valence-electron chi connectivity index (χ4n) is 6.98. The van der Waals surface area contributed by atoms with Crippen molar-refractivity contribution in [2.24, 2.45) is 23.7 Å². The van der Waals surface area contributed by atoms with Gasteiger partial charge in [-0.2, -0.15) is 0 Å². The molecule has 35 heavy (non-hydrogen) atoms. The van der Waals surface area contributed by atoms with E-state index in [1.54, 1.807) is 0 Å². The van der Waals surface area contributed by atoms with Gasteiger partial charge in [0.15, 0.2) is 0 Å². The van der Waals surface area contributed by atoms with Crippen LogP contribution in [0.15, 0.2) is 42.5 Å². The summed E-state index contributed by atoms with van der Waals surface area (Å²) in [4.78, 5) is 25.9. The summed E-state index contributed by atoms with van der Waals surface area (Å²) in [5, 5.41) is 11.9. The van der Waals surface area contributed by atoms with Crippen LogP contribution in [0, 0.1) is 23.7 Å². The highest BCUT2D eigenvalue weighted by Gasteiger charge is 2.72. The average molecular weight is 481 g/mol. The largest absolute Gasteiger partial charge is 0.457 e. The van der Waals surface area contributed by atoms with E-state index in [4.69, 9.17) is 14.2 Å². The smallest absolute Gasteiger partial charge is 0.338 e. The highest BCUT2D eigenvalue weighted by Crippen LogP contribution is 2.63. The second-order valence-electron chi connectivity index (χ2n) is 11.3. The standard InChI is InChI=1S/C29H36O6/c1-16(2)29-15-23(33-26(31)18(4)30)28(5,35-29)22-13-10-17(3)24(22)25(29)34-27(32)21-12-11-19-8-6-7-9-20(19)14-21/h6-9,11-12,14,16-18,22-25,30H,10,13,15H2,1-5H3/t17-,18-,22-,23-,24-,25?,28+,29?/m1/s1. The van der Waals surface area contributed by atoms with Crippen molar-refractivity contribution in [3.05, 3.63) is 48.0 Å². The van der Waals surface area contributed by atoms with E-state index in [2.05, 4.69) is 20.8 Å². The van der Waals surface area contributed by atoms with Crippen LogP contribution in [0.25, 0.3) is 10.8 Å². The van der Waals surface area contributed by atoms with Crippen LogP contribution in [0.1, 0.15) is 64.2 Å². The molecule has 0 amide bonds. The number of fused-ring (bicyclic) bond motifs is 5. The fourth-order valence-corrected chi connectivity index (χ4v) is 6.98. The molecule has 2 bridgehead atoms. The quantitative estimate of drug-likeness (QED) is 0.613. The molecule has 6 nitrogen and oxygen atoms in total. The molecule has 0 aromatic heterocycles. The molecule has 3 aliphatic rings. The maximum atomic E-state index is 13.5. The Morgan fingerprint density at radius 3 is 2.46 bits per heavy atom. The van der Waals surface area contributed by atoms with Crippen molar-refractivity contribution >= 4 is 22.7 Å². The van der Waals surface area contributed by atoms with Crippen molar-refractivity contribution in [1.82, 2.24) is 0 Å². The van der Waals surface area contributed by atoms with Gasteiger partial charge in [0, 0.05) is 12.3 Å². The van der Waals surface area contributed by atoms with Crippen molar-refractivity contribution in [2.75, 3.05) is 0 Å². The minimum absolute atomic E-state index is 0.0280. The first-order valence-corrected chi connectivity index (χ1v) is 12.9. The predicted octanol–water partition coefficient (Wildman–Crippen LogP) is 4.91. The lowest BCUT2D eigenvalue weighted by atomic mass is 9.69. The van der Waals surface area contributed by atoms with Crippen LogP contribution in [0.5, 0.6) is 0 Å². The predicted molar refractivity (Wildman–Crippen MR) is 132 cm³/mol. The van der Waals surface area contributed by atoms with Gasteiger partial charge >= 0.3 is 11.9 Å². The van der Waals surface area contributed by atoms with Crippen molar-refractivity contribution in [1.29, 1.82) is 0 Å². The highest BCUT2D eigenvalue weighted by molar-refractivity contribution is 5.95. The molecule has 6 heteroatoms. The molecule has 2 aliphatic heterocycles. The van der Waals surface area contributed by atoms with E-state index in [1.165, 1.54) is 6.92 Å². The van der Waals surface area contributed by atoms with Gasteiger partial charge in [0.1, 0.15) is 29.5 Å². The lowest BCUT2D eigenvalue weighted by Gasteiger charge is -2.53. The van der Waals surface area contributed by atoms with Crippen LogP contribution in [-0.4, -0.2) is 46.6 Å². The molecule has 5 rings (SSSR count). The van der Waals surface area contributed by atoms with Crippen LogP contribution in [0.3, 0.4) is 0 Å². The van der Waals surface area contributed by atoms with E-state index in [0.29, 0.717) is 17.9 Å². The number of carbonyl (C=O) groups is 2. The van der Waals surface area contributed by atoms with Gasteiger partial charge in [-0.3, -0.25) is 0 Å². The molecule has 2 aromatic rings.